The predicted octanol–water partition coefficient (Wildman–Crippen LogP) is 4.75. The van der Waals surface area contributed by atoms with Crippen molar-refractivity contribution in [1.29, 1.82) is 0 Å². The van der Waals surface area contributed by atoms with Crippen LogP contribution in [-0.2, 0) is 12.8 Å². The Hall–Kier alpha value is -3.33. The van der Waals surface area contributed by atoms with Gasteiger partial charge in [-0.1, -0.05) is 18.2 Å². The Morgan fingerprint density at radius 2 is 1.88 bits per heavy atom. The Kier molecular flexibility index (Phi) is 6.18. The van der Waals surface area contributed by atoms with Crippen molar-refractivity contribution in [3.63, 3.8) is 0 Å². The number of hydrogen-bond donors (Lipinski definition) is 1. The molecule has 32 heavy (non-hydrogen) atoms. The highest BCUT2D eigenvalue weighted by atomic mass is 19.4. The second-order valence-corrected chi connectivity index (χ2v) is 7.50. The van der Waals surface area contributed by atoms with E-state index < -0.39 is 11.7 Å². The smallest absolute Gasteiger partial charge is 0.417 e. The Morgan fingerprint density at radius 1 is 1.09 bits per heavy atom. The molecule has 4 rings (SSSR count). The van der Waals surface area contributed by atoms with Crippen molar-refractivity contribution in [2.45, 2.75) is 32.2 Å². The molecule has 1 atom stereocenters. The maximum absolute atomic E-state index is 12.7. The van der Waals surface area contributed by atoms with E-state index in [0.29, 0.717) is 36.8 Å². The number of aliphatic hydroxyl groups excluding tert-OH is 1. The number of alkyl halides is 3. The first-order valence-electron chi connectivity index (χ1n) is 10.1. The number of anilines is 1. The largest absolute Gasteiger partial charge is 0.472 e. The highest BCUT2D eigenvalue weighted by Gasteiger charge is 2.31. The summed E-state index contributed by atoms with van der Waals surface area (Å²) in [4.78, 5) is 10.2. The molecule has 1 aliphatic rings. The number of nitrogens with zero attached hydrogens (tertiary/aromatic N) is 3. The number of para-hydroxylation sites is 1. The van der Waals surface area contributed by atoms with Crippen LogP contribution in [0.5, 0.6) is 17.5 Å². The summed E-state index contributed by atoms with van der Waals surface area (Å²) in [6.45, 7) is 2.82. The van der Waals surface area contributed by atoms with Gasteiger partial charge in [0.25, 0.3) is 0 Å². The lowest BCUT2D eigenvalue weighted by Gasteiger charge is -2.21. The molecule has 1 unspecified atom stereocenters. The number of aliphatic hydroxyl groups is 1. The van der Waals surface area contributed by atoms with Crippen LogP contribution in [0.1, 0.15) is 23.2 Å². The van der Waals surface area contributed by atoms with Crippen LogP contribution < -0.4 is 14.4 Å². The van der Waals surface area contributed by atoms with Crippen molar-refractivity contribution in [2.24, 2.45) is 0 Å². The van der Waals surface area contributed by atoms with E-state index in [2.05, 4.69) is 9.97 Å². The molecule has 0 spiro atoms. The SMILES string of the molecule is Cc1ccccc1Oc1ccc(N2CCC(Oc3ccc(C(F)(F)F)cn3)C2)c(CO)n1. The number of rotatable bonds is 6. The lowest BCUT2D eigenvalue weighted by Crippen LogP contribution is -2.26. The molecule has 9 heteroatoms. The normalized spacial score (nSPS) is 16.3. The highest BCUT2D eigenvalue weighted by molar-refractivity contribution is 5.53. The van der Waals surface area contributed by atoms with Gasteiger partial charge >= 0.3 is 6.18 Å². The van der Waals surface area contributed by atoms with Gasteiger partial charge in [-0.15, -0.1) is 0 Å². The van der Waals surface area contributed by atoms with E-state index in [-0.39, 0.29) is 18.6 Å². The van der Waals surface area contributed by atoms with Gasteiger partial charge in [0.1, 0.15) is 11.9 Å². The van der Waals surface area contributed by atoms with E-state index in [9.17, 15) is 18.3 Å². The van der Waals surface area contributed by atoms with Gasteiger partial charge in [0.2, 0.25) is 11.8 Å². The van der Waals surface area contributed by atoms with Crippen molar-refractivity contribution in [1.82, 2.24) is 9.97 Å². The minimum atomic E-state index is -4.43. The first-order valence-corrected chi connectivity index (χ1v) is 10.1. The summed E-state index contributed by atoms with van der Waals surface area (Å²) < 4.78 is 49.7. The van der Waals surface area contributed by atoms with Gasteiger partial charge in [0, 0.05) is 31.3 Å². The minimum absolute atomic E-state index is 0.146. The molecule has 0 radical (unpaired) electrons. The third kappa shape index (κ3) is 4.94. The Bertz CT molecular complexity index is 1070. The van der Waals surface area contributed by atoms with E-state index in [1.807, 2.05) is 42.2 Å². The third-order valence-corrected chi connectivity index (χ3v) is 5.22. The Labute approximate surface area is 183 Å². The van der Waals surface area contributed by atoms with Crippen LogP contribution in [-0.4, -0.2) is 34.3 Å². The zero-order valence-electron chi connectivity index (χ0n) is 17.3. The summed E-state index contributed by atoms with van der Waals surface area (Å²) in [7, 11) is 0. The van der Waals surface area contributed by atoms with E-state index in [4.69, 9.17) is 9.47 Å². The Balaban J connectivity index is 1.42. The van der Waals surface area contributed by atoms with Gasteiger partial charge in [-0.25, -0.2) is 9.97 Å². The van der Waals surface area contributed by atoms with Crippen LogP contribution in [0.4, 0.5) is 18.9 Å². The molecule has 2 aromatic heterocycles. The van der Waals surface area contributed by atoms with Gasteiger partial charge in [0.15, 0.2) is 0 Å². The van der Waals surface area contributed by atoms with E-state index in [1.54, 1.807) is 6.07 Å². The van der Waals surface area contributed by atoms with Crippen molar-refractivity contribution in [2.75, 3.05) is 18.0 Å². The third-order valence-electron chi connectivity index (χ3n) is 5.22. The molecular formula is C23H22F3N3O3. The summed E-state index contributed by atoms with van der Waals surface area (Å²) in [5.74, 6) is 1.22. The fourth-order valence-electron chi connectivity index (χ4n) is 3.55. The summed E-state index contributed by atoms with van der Waals surface area (Å²) >= 11 is 0. The molecule has 0 bridgehead atoms. The quantitative estimate of drug-likeness (QED) is 0.591. The molecule has 3 aromatic rings. The van der Waals surface area contributed by atoms with Crippen molar-refractivity contribution >= 4 is 5.69 Å². The van der Waals surface area contributed by atoms with Crippen LogP contribution in [0.15, 0.2) is 54.7 Å². The number of aromatic nitrogens is 2. The number of benzene rings is 1. The maximum atomic E-state index is 12.7. The molecule has 1 fully saturated rings. The predicted molar refractivity (Wildman–Crippen MR) is 112 cm³/mol. The average molecular weight is 445 g/mol. The zero-order valence-corrected chi connectivity index (χ0v) is 17.3. The standard InChI is InChI=1S/C23H22F3N3O3/c1-15-4-2-3-5-20(15)32-22-9-7-19(18(14-30)28-22)29-11-10-17(13-29)31-21-8-6-16(12-27-21)23(24,25)26/h2-9,12,17,30H,10-11,13-14H2,1H3. The molecule has 168 valence electrons. The highest BCUT2D eigenvalue weighted by Crippen LogP contribution is 2.31. The minimum Gasteiger partial charge on any atom is -0.472 e. The number of ether oxygens (including phenoxy) is 2. The molecule has 3 heterocycles. The number of hydrogen-bond acceptors (Lipinski definition) is 6. The molecular weight excluding hydrogens is 423 g/mol. The zero-order chi connectivity index (χ0) is 22.7. The summed E-state index contributed by atoms with van der Waals surface area (Å²) in [5.41, 5.74) is 1.39. The molecule has 0 saturated carbocycles. The number of halogens is 3. The van der Waals surface area contributed by atoms with Crippen LogP contribution in [0.25, 0.3) is 0 Å². The molecule has 1 saturated heterocycles. The molecule has 1 aromatic carbocycles. The van der Waals surface area contributed by atoms with Crippen molar-refractivity contribution < 1.29 is 27.8 Å². The van der Waals surface area contributed by atoms with Gasteiger partial charge in [-0.3, -0.25) is 0 Å². The number of aryl methyl sites for hydroxylation is 1. The second kappa shape index (κ2) is 9.04. The number of pyridine rings is 2. The van der Waals surface area contributed by atoms with E-state index >= 15 is 0 Å². The molecule has 6 nitrogen and oxygen atoms in total. The van der Waals surface area contributed by atoms with Gasteiger partial charge < -0.3 is 19.5 Å². The van der Waals surface area contributed by atoms with Crippen LogP contribution >= 0.6 is 0 Å². The summed E-state index contributed by atoms with van der Waals surface area (Å²) in [5, 5.41) is 9.84. The van der Waals surface area contributed by atoms with Gasteiger partial charge in [-0.2, -0.15) is 13.2 Å². The monoisotopic (exact) mass is 445 g/mol. The van der Waals surface area contributed by atoms with Crippen molar-refractivity contribution in [3.05, 3.63) is 71.5 Å². The molecule has 1 aliphatic heterocycles. The van der Waals surface area contributed by atoms with Gasteiger partial charge in [-0.05, 0) is 30.7 Å². The van der Waals surface area contributed by atoms with Crippen LogP contribution in [0.3, 0.4) is 0 Å². The fourth-order valence-corrected chi connectivity index (χ4v) is 3.55. The first kappa shape index (κ1) is 21.9. The van der Waals surface area contributed by atoms with Gasteiger partial charge in [0.05, 0.1) is 30.1 Å². The second-order valence-electron chi connectivity index (χ2n) is 7.50. The summed E-state index contributed by atoms with van der Waals surface area (Å²) in [6, 6.07) is 13.3. The lowest BCUT2D eigenvalue weighted by atomic mass is 10.2. The molecule has 0 amide bonds. The van der Waals surface area contributed by atoms with Crippen LogP contribution in [0.2, 0.25) is 0 Å². The molecule has 0 aliphatic carbocycles. The summed E-state index contributed by atoms with van der Waals surface area (Å²) in [6.07, 6.45) is -3.25. The maximum Gasteiger partial charge on any atom is 0.417 e. The molecule has 1 N–H and O–H groups in total. The Morgan fingerprint density at radius 3 is 2.56 bits per heavy atom. The van der Waals surface area contributed by atoms with Crippen molar-refractivity contribution in [3.8, 4) is 17.5 Å². The fraction of sp³-hybridized carbons (Fsp3) is 0.304. The van der Waals surface area contributed by atoms with Crippen LogP contribution in [0, 0.1) is 6.92 Å². The van der Waals surface area contributed by atoms with E-state index in [1.165, 1.54) is 6.07 Å². The first-order chi connectivity index (χ1) is 15.3. The van der Waals surface area contributed by atoms with E-state index in [0.717, 1.165) is 23.5 Å². The average Bonchev–Trinajstić information content (AvgIpc) is 3.23. The topological polar surface area (TPSA) is 67.7 Å². The lowest BCUT2D eigenvalue weighted by molar-refractivity contribution is -0.137.